The molecule has 0 bridgehead atoms. The molecule has 0 saturated heterocycles. The van der Waals surface area contributed by atoms with Crippen molar-refractivity contribution in [3.8, 4) is 11.5 Å². The van der Waals surface area contributed by atoms with Crippen molar-refractivity contribution in [2.24, 2.45) is 0 Å². The van der Waals surface area contributed by atoms with E-state index in [-0.39, 0.29) is 5.91 Å². The highest BCUT2D eigenvalue weighted by Crippen LogP contribution is 2.30. The normalized spacial score (nSPS) is 11.0. The molecule has 3 aromatic rings. The molecule has 0 spiro atoms. The number of hydrogen-bond donors (Lipinski definition) is 1. The van der Waals surface area contributed by atoms with E-state index in [9.17, 15) is 4.79 Å². The quantitative estimate of drug-likeness (QED) is 0.696. The van der Waals surface area contributed by atoms with Crippen molar-refractivity contribution in [2.75, 3.05) is 14.2 Å². The monoisotopic (exact) mass is 337 g/mol. The van der Waals surface area contributed by atoms with Gasteiger partial charge in [0.05, 0.1) is 14.2 Å². The largest absolute Gasteiger partial charge is 0.493 e. The first-order chi connectivity index (χ1) is 12.2. The molecular weight excluding hydrogens is 318 g/mol. The van der Waals surface area contributed by atoms with E-state index < -0.39 is 0 Å². The smallest absolute Gasteiger partial charge is 0.244 e. The summed E-state index contributed by atoms with van der Waals surface area (Å²) >= 11 is 0. The maximum Gasteiger partial charge on any atom is 0.244 e. The molecule has 5 nitrogen and oxygen atoms in total. The number of fused-ring (bicyclic) bond motifs is 1. The standard InChI is InChI=1S/C20H19NO4/c1-23-18-9-5-7-15(20(18)24-2)13-21-19(22)11-10-16-12-14-6-3-4-8-17(14)25-16/h3-12H,13H2,1-2H3,(H,21,22)/b11-10+. The van der Waals surface area contributed by atoms with E-state index in [4.69, 9.17) is 13.9 Å². The van der Waals surface area contributed by atoms with Crippen LogP contribution in [0.3, 0.4) is 0 Å². The SMILES string of the molecule is COc1cccc(CNC(=O)/C=C/c2cc3ccccc3o2)c1OC. The summed E-state index contributed by atoms with van der Waals surface area (Å²) in [4.78, 5) is 12.0. The Balaban J connectivity index is 1.65. The molecule has 0 aliphatic carbocycles. The van der Waals surface area contributed by atoms with Gasteiger partial charge in [0.15, 0.2) is 11.5 Å². The van der Waals surface area contributed by atoms with Crippen LogP contribution in [0.15, 0.2) is 59.0 Å². The number of methoxy groups -OCH3 is 2. The van der Waals surface area contributed by atoms with E-state index in [0.717, 1.165) is 16.5 Å². The molecular formula is C20H19NO4. The first-order valence-corrected chi connectivity index (χ1v) is 7.85. The van der Waals surface area contributed by atoms with Gasteiger partial charge in [-0.1, -0.05) is 30.3 Å². The average molecular weight is 337 g/mol. The summed E-state index contributed by atoms with van der Waals surface area (Å²) in [5.41, 5.74) is 1.64. The Labute approximate surface area is 145 Å². The lowest BCUT2D eigenvalue weighted by molar-refractivity contribution is -0.116. The number of benzene rings is 2. The van der Waals surface area contributed by atoms with Crippen molar-refractivity contribution in [1.82, 2.24) is 5.32 Å². The third kappa shape index (κ3) is 3.83. The molecule has 0 radical (unpaired) electrons. The molecule has 2 aromatic carbocycles. The van der Waals surface area contributed by atoms with E-state index in [0.29, 0.717) is 23.8 Å². The van der Waals surface area contributed by atoms with Gasteiger partial charge in [0.1, 0.15) is 11.3 Å². The fourth-order valence-electron chi connectivity index (χ4n) is 2.58. The second-order valence-corrected chi connectivity index (χ2v) is 5.39. The Morgan fingerprint density at radius 2 is 1.96 bits per heavy atom. The minimum Gasteiger partial charge on any atom is -0.493 e. The van der Waals surface area contributed by atoms with Crippen LogP contribution in [0.2, 0.25) is 0 Å². The van der Waals surface area contributed by atoms with Crippen molar-refractivity contribution in [2.45, 2.75) is 6.54 Å². The fraction of sp³-hybridized carbons (Fsp3) is 0.150. The molecule has 0 unspecified atom stereocenters. The van der Waals surface area contributed by atoms with Crippen LogP contribution in [0.25, 0.3) is 17.0 Å². The number of nitrogens with one attached hydrogen (secondary N) is 1. The molecule has 5 heteroatoms. The summed E-state index contributed by atoms with van der Waals surface area (Å²) in [6.45, 7) is 0.337. The van der Waals surface area contributed by atoms with Crippen LogP contribution in [0.1, 0.15) is 11.3 Å². The molecule has 1 amide bonds. The molecule has 0 aliphatic heterocycles. The van der Waals surface area contributed by atoms with Gasteiger partial charge in [-0.2, -0.15) is 0 Å². The molecule has 0 saturated carbocycles. The first kappa shape index (κ1) is 16.6. The minimum absolute atomic E-state index is 0.217. The Morgan fingerprint density at radius 3 is 2.72 bits per heavy atom. The maximum absolute atomic E-state index is 12.0. The lowest BCUT2D eigenvalue weighted by Crippen LogP contribution is -2.20. The molecule has 0 fully saturated rings. The Bertz CT molecular complexity index is 878. The summed E-state index contributed by atoms with van der Waals surface area (Å²) in [6, 6.07) is 15.1. The van der Waals surface area contributed by atoms with Crippen LogP contribution in [0.4, 0.5) is 0 Å². The molecule has 1 N–H and O–H groups in total. The molecule has 3 rings (SSSR count). The number of carbonyl (C=O) groups is 1. The van der Waals surface area contributed by atoms with E-state index in [1.165, 1.54) is 6.08 Å². The Morgan fingerprint density at radius 1 is 1.12 bits per heavy atom. The maximum atomic E-state index is 12.0. The van der Waals surface area contributed by atoms with Gasteiger partial charge in [-0.05, 0) is 24.3 Å². The van der Waals surface area contributed by atoms with Crippen LogP contribution in [-0.4, -0.2) is 20.1 Å². The number of para-hydroxylation sites is 2. The highest BCUT2D eigenvalue weighted by atomic mass is 16.5. The lowest BCUT2D eigenvalue weighted by Gasteiger charge is -2.12. The van der Waals surface area contributed by atoms with Gasteiger partial charge in [0, 0.05) is 23.6 Å². The van der Waals surface area contributed by atoms with Gasteiger partial charge >= 0.3 is 0 Å². The van der Waals surface area contributed by atoms with Crippen LogP contribution in [0.5, 0.6) is 11.5 Å². The van der Waals surface area contributed by atoms with Crippen LogP contribution >= 0.6 is 0 Å². The first-order valence-electron chi connectivity index (χ1n) is 7.85. The lowest BCUT2D eigenvalue weighted by atomic mass is 10.2. The zero-order valence-electron chi connectivity index (χ0n) is 14.1. The molecule has 25 heavy (non-hydrogen) atoms. The molecule has 1 aromatic heterocycles. The summed E-state index contributed by atoms with van der Waals surface area (Å²) < 4.78 is 16.3. The highest BCUT2D eigenvalue weighted by molar-refractivity contribution is 5.92. The van der Waals surface area contributed by atoms with Crippen molar-refractivity contribution in [3.63, 3.8) is 0 Å². The third-order valence-corrected chi connectivity index (χ3v) is 3.78. The summed E-state index contributed by atoms with van der Waals surface area (Å²) in [7, 11) is 3.15. The highest BCUT2D eigenvalue weighted by Gasteiger charge is 2.09. The predicted molar refractivity (Wildman–Crippen MR) is 96.6 cm³/mol. The van der Waals surface area contributed by atoms with E-state index in [1.54, 1.807) is 20.3 Å². The van der Waals surface area contributed by atoms with Gasteiger partial charge in [-0.15, -0.1) is 0 Å². The molecule has 128 valence electrons. The summed E-state index contributed by atoms with van der Waals surface area (Å²) in [6.07, 6.45) is 3.10. The van der Waals surface area contributed by atoms with Crippen LogP contribution < -0.4 is 14.8 Å². The van der Waals surface area contributed by atoms with Crippen LogP contribution in [0, 0.1) is 0 Å². The number of hydrogen-bond acceptors (Lipinski definition) is 4. The molecule has 0 aliphatic rings. The number of rotatable bonds is 6. The zero-order valence-corrected chi connectivity index (χ0v) is 14.1. The van der Waals surface area contributed by atoms with Gasteiger partial charge in [-0.3, -0.25) is 4.79 Å². The van der Waals surface area contributed by atoms with Gasteiger partial charge in [-0.25, -0.2) is 0 Å². The Hall–Kier alpha value is -3.21. The fourth-order valence-corrected chi connectivity index (χ4v) is 2.58. The third-order valence-electron chi connectivity index (χ3n) is 3.78. The van der Waals surface area contributed by atoms with Crippen LogP contribution in [-0.2, 0) is 11.3 Å². The van der Waals surface area contributed by atoms with E-state index in [2.05, 4.69) is 5.32 Å². The van der Waals surface area contributed by atoms with Gasteiger partial charge in [0.25, 0.3) is 0 Å². The predicted octanol–water partition coefficient (Wildman–Crippen LogP) is 3.78. The van der Waals surface area contributed by atoms with Crippen molar-refractivity contribution < 1.29 is 18.7 Å². The van der Waals surface area contributed by atoms with Crippen molar-refractivity contribution >= 4 is 23.0 Å². The van der Waals surface area contributed by atoms with Gasteiger partial charge < -0.3 is 19.2 Å². The van der Waals surface area contributed by atoms with E-state index in [1.807, 2.05) is 48.5 Å². The van der Waals surface area contributed by atoms with Crippen molar-refractivity contribution in [1.29, 1.82) is 0 Å². The van der Waals surface area contributed by atoms with E-state index >= 15 is 0 Å². The topological polar surface area (TPSA) is 60.7 Å². The number of ether oxygens (including phenoxy) is 2. The second kappa shape index (κ2) is 7.57. The average Bonchev–Trinajstić information content (AvgIpc) is 3.07. The Kier molecular flexibility index (Phi) is 5.04. The molecule has 1 heterocycles. The second-order valence-electron chi connectivity index (χ2n) is 5.39. The zero-order chi connectivity index (χ0) is 17.6. The molecule has 0 atom stereocenters. The van der Waals surface area contributed by atoms with Crippen molar-refractivity contribution in [3.05, 3.63) is 65.9 Å². The number of carbonyl (C=O) groups excluding carboxylic acids is 1. The van der Waals surface area contributed by atoms with Gasteiger partial charge in [0.2, 0.25) is 5.91 Å². The summed E-state index contributed by atoms with van der Waals surface area (Å²) in [5, 5.41) is 3.83. The summed E-state index contributed by atoms with van der Waals surface area (Å²) in [5.74, 6) is 1.67. The minimum atomic E-state index is -0.217. The number of furan rings is 1. The number of amides is 1.